The second-order valence-corrected chi connectivity index (χ2v) is 6.94. The summed E-state index contributed by atoms with van der Waals surface area (Å²) in [7, 11) is 0.484. The highest BCUT2D eigenvalue weighted by atomic mass is 32.2. The van der Waals surface area contributed by atoms with E-state index in [4.69, 9.17) is 4.74 Å². The fraction of sp³-hybridized carbons (Fsp3) is 0.600. The van der Waals surface area contributed by atoms with E-state index in [1.54, 1.807) is 7.11 Å². The van der Waals surface area contributed by atoms with Gasteiger partial charge in [-0.3, -0.25) is 14.2 Å². The van der Waals surface area contributed by atoms with E-state index in [1.807, 2.05) is 19.2 Å². The molecule has 1 N–H and O–H groups in total. The van der Waals surface area contributed by atoms with Gasteiger partial charge in [-0.15, -0.1) is 0 Å². The third-order valence-electron chi connectivity index (χ3n) is 3.64. The van der Waals surface area contributed by atoms with Gasteiger partial charge in [-0.25, -0.2) is 0 Å². The monoisotopic (exact) mass is 309 g/mol. The van der Waals surface area contributed by atoms with Gasteiger partial charge in [0, 0.05) is 11.9 Å². The Balaban J connectivity index is 1.94. The highest BCUT2D eigenvalue weighted by Gasteiger charge is 2.24. The first-order valence-electron chi connectivity index (χ1n) is 7.13. The Labute approximate surface area is 128 Å². The molecule has 0 bridgehead atoms. The highest BCUT2D eigenvalue weighted by molar-refractivity contribution is 8.01. The van der Waals surface area contributed by atoms with Crippen molar-refractivity contribution in [3.63, 3.8) is 0 Å². The minimum atomic E-state index is -1.15. The summed E-state index contributed by atoms with van der Waals surface area (Å²) in [5.74, 6) is 1.64. The largest absolute Gasteiger partial charge is 0.502 e. The Morgan fingerprint density at radius 1 is 1.62 bits per heavy atom. The normalized spacial score (nSPS) is 27.4. The van der Waals surface area contributed by atoms with Crippen LogP contribution in [-0.4, -0.2) is 40.5 Å². The molecule has 116 valence electrons. The molecule has 3 unspecified atom stereocenters. The number of methoxy groups -OCH3 is 1. The van der Waals surface area contributed by atoms with Crippen LogP contribution in [0.25, 0.3) is 0 Å². The number of hydrogen-bond donors (Lipinski definition) is 1. The lowest BCUT2D eigenvalue weighted by Gasteiger charge is -2.18. The van der Waals surface area contributed by atoms with E-state index in [1.165, 1.54) is 5.57 Å². The molecule has 0 fully saturated rings. The summed E-state index contributed by atoms with van der Waals surface area (Å²) in [6.45, 7) is 6.70. The molecule has 3 atom stereocenters. The zero-order valence-electron chi connectivity index (χ0n) is 13.0. The van der Waals surface area contributed by atoms with Gasteiger partial charge in [0.25, 0.3) is 0 Å². The van der Waals surface area contributed by atoms with E-state index in [-0.39, 0.29) is 6.04 Å². The van der Waals surface area contributed by atoms with Crippen molar-refractivity contribution < 1.29 is 8.95 Å². The highest BCUT2D eigenvalue weighted by Crippen LogP contribution is 2.19. The predicted octanol–water partition coefficient (Wildman–Crippen LogP) is 2.00. The second-order valence-electron chi connectivity index (χ2n) is 5.57. The molecule has 2 aliphatic heterocycles. The molecule has 2 rings (SSSR count). The molecule has 0 aromatic carbocycles. The Morgan fingerprint density at radius 3 is 3.05 bits per heavy atom. The van der Waals surface area contributed by atoms with E-state index in [0.717, 1.165) is 17.9 Å². The molecule has 6 heteroatoms. The van der Waals surface area contributed by atoms with E-state index >= 15 is 0 Å². The average molecular weight is 309 g/mol. The number of rotatable bonds is 4. The van der Waals surface area contributed by atoms with Crippen molar-refractivity contribution in [3.05, 3.63) is 23.6 Å². The van der Waals surface area contributed by atoms with Crippen LogP contribution in [-0.2, 0) is 15.5 Å². The molecule has 2 aliphatic rings. The predicted molar refractivity (Wildman–Crippen MR) is 88.0 cm³/mol. The van der Waals surface area contributed by atoms with Crippen LogP contribution in [0.15, 0.2) is 33.6 Å². The number of nitrogens with zero attached hydrogens (tertiary/aromatic N) is 2. The molecule has 0 amide bonds. The van der Waals surface area contributed by atoms with Gasteiger partial charge in [0.15, 0.2) is 5.17 Å². The number of hydrogen-bond acceptors (Lipinski definition) is 5. The number of allylic oxidation sites excluding steroid dienone is 2. The van der Waals surface area contributed by atoms with Crippen molar-refractivity contribution in [1.82, 2.24) is 5.32 Å². The number of nitrogens with one attached hydrogen (secondary N) is 1. The molecule has 0 radical (unpaired) electrons. The number of aliphatic imine (C=N–C) groups is 2. The Morgan fingerprint density at radius 2 is 2.38 bits per heavy atom. The van der Waals surface area contributed by atoms with Gasteiger partial charge >= 0.3 is 0 Å². The topological polar surface area (TPSA) is 63.0 Å². The summed E-state index contributed by atoms with van der Waals surface area (Å²) in [5.41, 5.74) is 2.27. The van der Waals surface area contributed by atoms with Crippen molar-refractivity contribution in [3.8, 4) is 0 Å². The molecule has 0 spiro atoms. The maximum Gasteiger partial charge on any atom is 0.188 e. The SMILES string of the molecule is CO/C(C)=C/C1CN=C(S(=O)CC2=NC=C(C)CC2C)N1. The summed E-state index contributed by atoms with van der Waals surface area (Å²) in [6.07, 6.45) is 4.83. The molecular weight excluding hydrogens is 286 g/mol. The molecule has 21 heavy (non-hydrogen) atoms. The quantitative estimate of drug-likeness (QED) is 0.808. The summed E-state index contributed by atoms with van der Waals surface area (Å²) < 4.78 is 17.5. The van der Waals surface area contributed by atoms with Gasteiger partial charge in [-0.05, 0) is 32.3 Å². The standard InChI is InChI=1S/C15H23N3O2S/c1-10-5-11(2)14(16-7-10)9-21(19)15-17-8-13(18-15)6-12(3)20-4/h6-7,11,13H,5,8-9H2,1-4H3,(H,17,18)/b12-6+. The Kier molecular flexibility index (Phi) is 5.33. The van der Waals surface area contributed by atoms with Gasteiger partial charge in [-0.1, -0.05) is 12.5 Å². The van der Waals surface area contributed by atoms with Crippen LogP contribution >= 0.6 is 0 Å². The van der Waals surface area contributed by atoms with E-state index in [2.05, 4.69) is 29.1 Å². The van der Waals surface area contributed by atoms with Gasteiger partial charge < -0.3 is 10.1 Å². The fourth-order valence-electron chi connectivity index (χ4n) is 2.37. The van der Waals surface area contributed by atoms with Crippen molar-refractivity contribution in [2.24, 2.45) is 15.9 Å². The van der Waals surface area contributed by atoms with E-state index in [9.17, 15) is 4.21 Å². The molecule has 5 nitrogen and oxygen atoms in total. The van der Waals surface area contributed by atoms with E-state index in [0.29, 0.717) is 23.4 Å². The molecule has 0 aliphatic carbocycles. The molecule has 2 heterocycles. The van der Waals surface area contributed by atoms with Crippen LogP contribution in [0.5, 0.6) is 0 Å². The lowest BCUT2D eigenvalue weighted by atomic mass is 9.96. The lowest BCUT2D eigenvalue weighted by molar-refractivity contribution is 0.291. The Bertz CT molecular complexity index is 549. The van der Waals surface area contributed by atoms with Crippen molar-refractivity contribution in [1.29, 1.82) is 0 Å². The van der Waals surface area contributed by atoms with Crippen LogP contribution in [0, 0.1) is 5.92 Å². The van der Waals surface area contributed by atoms with Gasteiger partial charge in [0.2, 0.25) is 0 Å². The summed E-state index contributed by atoms with van der Waals surface area (Å²) in [4.78, 5) is 8.78. The maximum atomic E-state index is 12.4. The lowest BCUT2D eigenvalue weighted by Crippen LogP contribution is -2.34. The summed E-state index contributed by atoms with van der Waals surface area (Å²) in [6, 6.07) is 0.0664. The number of amidine groups is 1. The van der Waals surface area contributed by atoms with Crippen molar-refractivity contribution in [2.75, 3.05) is 19.4 Å². The van der Waals surface area contributed by atoms with Crippen LogP contribution in [0.3, 0.4) is 0 Å². The first kappa shape index (κ1) is 15.9. The molecular formula is C15H23N3O2S. The third-order valence-corrected chi connectivity index (χ3v) is 4.88. The van der Waals surface area contributed by atoms with Crippen LogP contribution in [0.2, 0.25) is 0 Å². The Hall–Kier alpha value is -1.43. The van der Waals surface area contributed by atoms with Gasteiger partial charge in [-0.2, -0.15) is 0 Å². The summed E-state index contributed by atoms with van der Waals surface area (Å²) in [5, 5.41) is 3.76. The minimum Gasteiger partial charge on any atom is -0.502 e. The summed E-state index contributed by atoms with van der Waals surface area (Å²) >= 11 is 0. The van der Waals surface area contributed by atoms with Crippen LogP contribution in [0.4, 0.5) is 0 Å². The van der Waals surface area contributed by atoms with Gasteiger partial charge in [0.05, 0.1) is 42.0 Å². The zero-order chi connectivity index (χ0) is 15.4. The molecule has 0 aromatic rings. The zero-order valence-corrected chi connectivity index (χ0v) is 13.9. The maximum absolute atomic E-state index is 12.4. The second kappa shape index (κ2) is 7.02. The minimum absolute atomic E-state index is 0.0664. The first-order chi connectivity index (χ1) is 9.99. The van der Waals surface area contributed by atoms with Crippen molar-refractivity contribution in [2.45, 2.75) is 33.2 Å². The molecule has 0 aromatic heterocycles. The smallest absolute Gasteiger partial charge is 0.188 e. The first-order valence-corrected chi connectivity index (χ1v) is 8.45. The number of ether oxygens (including phenoxy) is 1. The van der Waals surface area contributed by atoms with E-state index < -0.39 is 10.8 Å². The molecule has 0 saturated carbocycles. The third kappa shape index (κ3) is 4.27. The molecule has 0 saturated heterocycles. The van der Waals surface area contributed by atoms with Crippen LogP contribution in [0.1, 0.15) is 27.2 Å². The van der Waals surface area contributed by atoms with Crippen LogP contribution < -0.4 is 5.32 Å². The van der Waals surface area contributed by atoms with Gasteiger partial charge in [0.1, 0.15) is 0 Å². The fourth-order valence-corrected chi connectivity index (χ4v) is 3.64. The van der Waals surface area contributed by atoms with Crippen molar-refractivity contribution >= 4 is 21.7 Å². The average Bonchev–Trinajstić information content (AvgIpc) is 2.90.